The Morgan fingerprint density at radius 3 is 2.91 bits per heavy atom. The number of carbonyl (C=O) groups is 1. The highest BCUT2D eigenvalue weighted by molar-refractivity contribution is 6.30. The van der Waals surface area contributed by atoms with Gasteiger partial charge in [-0.1, -0.05) is 23.7 Å². The molecule has 6 heteroatoms. The first-order valence-corrected chi connectivity index (χ1v) is 7.97. The Bertz CT molecular complexity index is 601. The standard InChI is InChI=1S/C16H20ClN3O2/c1-10(12-3-2-4-13(17)7-12)18-14-8-15(21)20(16(22)19-14)9-11-5-6-11/h2-4,7,10-11,16,22H,5-6,8-9H2,1H3,(H,18,19). The fraction of sp³-hybridized carbons (Fsp3) is 0.500. The largest absolute Gasteiger partial charge is 0.367 e. The molecule has 1 saturated carbocycles. The van der Waals surface area contributed by atoms with Gasteiger partial charge in [-0.2, -0.15) is 0 Å². The minimum Gasteiger partial charge on any atom is -0.367 e. The molecule has 1 aromatic rings. The zero-order chi connectivity index (χ0) is 15.7. The van der Waals surface area contributed by atoms with E-state index in [-0.39, 0.29) is 18.4 Å². The molecule has 1 aliphatic heterocycles. The molecule has 0 spiro atoms. The fourth-order valence-corrected chi connectivity index (χ4v) is 2.80. The molecule has 2 atom stereocenters. The monoisotopic (exact) mass is 321 g/mol. The maximum absolute atomic E-state index is 12.2. The van der Waals surface area contributed by atoms with Crippen molar-refractivity contribution in [2.75, 3.05) is 6.54 Å². The summed E-state index contributed by atoms with van der Waals surface area (Å²) in [5.74, 6) is 0.987. The van der Waals surface area contributed by atoms with Crippen molar-refractivity contribution in [3.8, 4) is 0 Å². The fourth-order valence-electron chi connectivity index (χ4n) is 2.60. The highest BCUT2D eigenvalue weighted by Gasteiger charge is 2.33. The summed E-state index contributed by atoms with van der Waals surface area (Å²) >= 11 is 5.99. The summed E-state index contributed by atoms with van der Waals surface area (Å²) in [4.78, 5) is 17.9. The van der Waals surface area contributed by atoms with E-state index < -0.39 is 6.35 Å². The number of aliphatic hydroxyl groups is 1. The van der Waals surface area contributed by atoms with Gasteiger partial charge in [-0.25, -0.2) is 4.99 Å². The molecule has 0 aromatic heterocycles. The lowest BCUT2D eigenvalue weighted by Gasteiger charge is -2.31. The van der Waals surface area contributed by atoms with Crippen LogP contribution in [-0.2, 0) is 4.79 Å². The first-order chi connectivity index (χ1) is 10.5. The van der Waals surface area contributed by atoms with Crippen LogP contribution in [0.5, 0.6) is 0 Å². The summed E-state index contributed by atoms with van der Waals surface area (Å²) in [5, 5.41) is 13.9. The highest BCUT2D eigenvalue weighted by atomic mass is 35.5. The SMILES string of the molecule is CC(NC1=NC(O)N(CC2CC2)C(=O)C1)c1cccc(Cl)c1. The van der Waals surface area contributed by atoms with Gasteiger partial charge >= 0.3 is 0 Å². The van der Waals surface area contributed by atoms with E-state index in [9.17, 15) is 9.90 Å². The summed E-state index contributed by atoms with van der Waals surface area (Å²) in [7, 11) is 0. The molecule has 2 N–H and O–H groups in total. The molecule has 0 radical (unpaired) electrons. The molecule has 1 amide bonds. The van der Waals surface area contributed by atoms with E-state index in [1.54, 1.807) is 0 Å². The van der Waals surface area contributed by atoms with Crippen LogP contribution in [0.3, 0.4) is 0 Å². The molecule has 0 bridgehead atoms. The minimum absolute atomic E-state index is 0.0348. The Hall–Kier alpha value is -1.59. The van der Waals surface area contributed by atoms with Gasteiger partial charge < -0.3 is 10.4 Å². The van der Waals surface area contributed by atoms with Crippen molar-refractivity contribution >= 4 is 23.3 Å². The van der Waals surface area contributed by atoms with Crippen LogP contribution in [-0.4, -0.2) is 34.6 Å². The molecule has 1 heterocycles. The molecule has 5 nitrogen and oxygen atoms in total. The number of amidine groups is 1. The van der Waals surface area contributed by atoms with Gasteiger partial charge in [0.1, 0.15) is 5.84 Å². The number of carbonyl (C=O) groups excluding carboxylic acids is 1. The lowest BCUT2D eigenvalue weighted by atomic mass is 10.1. The van der Waals surface area contributed by atoms with Crippen molar-refractivity contribution < 1.29 is 9.90 Å². The molecule has 1 aromatic carbocycles. The molecule has 1 aliphatic carbocycles. The Morgan fingerprint density at radius 1 is 1.50 bits per heavy atom. The number of nitrogens with one attached hydrogen (secondary N) is 1. The molecule has 22 heavy (non-hydrogen) atoms. The molecule has 1 fully saturated rings. The van der Waals surface area contributed by atoms with E-state index >= 15 is 0 Å². The van der Waals surface area contributed by atoms with Gasteiger partial charge in [0.25, 0.3) is 0 Å². The van der Waals surface area contributed by atoms with Crippen molar-refractivity contribution in [2.24, 2.45) is 10.9 Å². The van der Waals surface area contributed by atoms with Gasteiger partial charge in [-0.05, 0) is 43.4 Å². The number of hydrogen-bond acceptors (Lipinski definition) is 4. The number of rotatable bonds is 4. The van der Waals surface area contributed by atoms with E-state index in [0.29, 0.717) is 23.3 Å². The maximum Gasteiger partial charge on any atom is 0.233 e. The molecular weight excluding hydrogens is 302 g/mol. The zero-order valence-electron chi connectivity index (χ0n) is 12.5. The van der Waals surface area contributed by atoms with Crippen LogP contribution >= 0.6 is 11.6 Å². The second-order valence-corrected chi connectivity index (χ2v) is 6.45. The third-order valence-corrected chi connectivity index (χ3v) is 4.31. The minimum atomic E-state index is -1.07. The number of halogens is 1. The normalized spacial score (nSPS) is 23.2. The predicted molar refractivity (Wildman–Crippen MR) is 85.5 cm³/mol. The number of aliphatic hydroxyl groups excluding tert-OH is 1. The number of nitrogens with zero attached hydrogens (tertiary/aromatic N) is 2. The van der Waals surface area contributed by atoms with Crippen molar-refractivity contribution in [2.45, 2.75) is 38.6 Å². The van der Waals surface area contributed by atoms with Gasteiger partial charge in [-0.15, -0.1) is 0 Å². The van der Waals surface area contributed by atoms with Crippen LogP contribution in [0.4, 0.5) is 0 Å². The Balaban J connectivity index is 1.66. The highest BCUT2D eigenvalue weighted by Crippen LogP contribution is 2.31. The van der Waals surface area contributed by atoms with Gasteiger partial charge in [0.05, 0.1) is 6.42 Å². The molecule has 2 aliphatic rings. The van der Waals surface area contributed by atoms with Gasteiger partial charge in [0.2, 0.25) is 12.3 Å². The van der Waals surface area contributed by atoms with Crippen molar-refractivity contribution in [1.29, 1.82) is 0 Å². The average molecular weight is 322 g/mol. The molecular formula is C16H20ClN3O2. The van der Waals surface area contributed by atoms with E-state index in [0.717, 1.165) is 18.4 Å². The van der Waals surface area contributed by atoms with E-state index in [1.165, 1.54) is 4.90 Å². The topological polar surface area (TPSA) is 64.9 Å². The molecule has 118 valence electrons. The predicted octanol–water partition coefficient (Wildman–Crippen LogP) is 2.31. The summed E-state index contributed by atoms with van der Waals surface area (Å²) in [6.45, 7) is 2.59. The zero-order valence-corrected chi connectivity index (χ0v) is 13.3. The second kappa shape index (κ2) is 6.26. The summed E-state index contributed by atoms with van der Waals surface area (Å²) in [6, 6.07) is 7.51. The van der Waals surface area contributed by atoms with Crippen LogP contribution in [0.25, 0.3) is 0 Å². The third kappa shape index (κ3) is 3.59. The Morgan fingerprint density at radius 2 is 2.27 bits per heavy atom. The Kier molecular flexibility index (Phi) is 4.36. The smallest absolute Gasteiger partial charge is 0.233 e. The molecule has 0 saturated heterocycles. The van der Waals surface area contributed by atoms with Crippen molar-refractivity contribution in [3.63, 3.8) is 0 Å². The van der Waals surface area contributed by atoms with Gasteiger partial charge in [0.15, 0.2) is 0 Å². The number of amides is 1. The van der Waals surface area contributed by atoms with Crippen molar-refractivity contribution in [1.82, 2.24) is 10.2 Å². The number of aliphatic imine (C=N–C) groups is 1. The van der Waals surface area contributed by atoms with Gasteiger partial charge in [-0.3, -0.25) is 9.69 Å². The average Bonchev–Trinajstić information content (AvgIpc) is 3.27. The first kappa shape index (κ1) is 15.3. The second-order valence-electron chi connectivity index (χ2n) is 6.01. The lowest BCUT2D eigenvalue weighted by molar-refractivity contribution is -0.141. The molecule has 2 unspecified atom stereocenters. The number of benzene rings is 1. The first-order valence-electron chi connectivity index (χ1n) is 7.59. The van der Waals surface area contributed by atoms with E-state index in [2.05, 4.69) is 10.3 Å². The number of hydrogen-bond donors (Lipinski definition) is 2. The maximum atomic E-state index is 12.2. The quantitative estimate of drug-likeness (QED) is 0.894. The van der Waals surface area contributed by atoms with Crippen LogP contribution < -0.4 is 5.32 Å². The van der Waals surface area contributed by atoms with Crippen LogP contribution in [0, 0.1) is 5.92 Å². The van der Waals surface area contributed by atoms with Crippen LogP contribution in [0.2, 0.25) is 5.02 Å². The van der Waals surface area contributed by atoms with E-state index in [1.807, 2.05) is 31.2 Å². The summed E-state index contributed by atoms with van der Waals surface area (Å²) in [5.41, 5.74) is 1.01. The molecule has 3 rings (SSSR count). The lowest BCUT2D eigenvalue weighted by Crippen LogP contribution is -2.48. The Labute approximate surface area is 135 Å². The third-order valence-electron chi connectivity index (χ3n) is 4.07. The van der Waals surface area contributed by atoms with E-state index in [4.69, 9.17) is 11.6 Å². The van der Waals surface area contributed by atoms with Crippen LogP contribution in [0.15, 0.2) is 29.3 Å². The summed E-state index contributed by atoms with van der Waals surface area (Å²) < 4.78 is 0. The van der Waals surface area contributed by atoms with Gasteiger partial charge in [0, 0.05) is 17.6 Å². The van der Waals surface area contributed by atoms with Crippen LogP contribution in [0.1, 0.15) is 37.8 Å². The van der Waals surface area contributed by atoms with Crippen molar-refractivity contribution in [3.05, 3.63) is 34.9 Å². The summed E-state index contributed by atoms with van der Waals surface area (Å²) in [6.07, 6.45) is 1.40.